The standard InChI is InChI=1S/C28H28FN5O2S/c1-32-8-10-33(11-9-32)25-5-3-20(18-23(25)29)21-6-7-30-24-4-2-19(16-22(21)24)17-26-27(35)31-28(37-26)34-12-14-36-15-13-34/h2-7,16-18H,8-15H2,1H3. The second-order valence-corrected chi connectivity index (χ2v) is 10.5. The number of hydrogen-bond donors (Lipinski definition) is 0. The number of rotatable bonds is 3. The Labute approximate surface area is 219 Å². The number of benzene rings is 2. The van der Waals surface area contributed by atoms with Gasteiger partial charge in [-0.05, 0) is 71.9 Å². The van der Waals surface area contributed by atoms with Crippen molar-refractivity contribution in [1.82, 2.24) is 14.8 Å². The number of hydrogen-bond acceptors (Lipinski definition) is 7. The van der Waals surface area contributed by atoms with Crippen LogP contribution in [0.2, 0.25) is 0 Å². The van der Waals surface area contributed by atoms with Gasteiger partial charge >= 0.3 is 0 Å². The summed E-state index contributed by atoms with van der Waals surface area (Å²) >= 11 is 1.40. The van der Waals surface area contributed by atoms with Crippen LogP contribution in [-0.2, 0) is 9.53 Å². The Morgan fingerprint density at radius 2 is 1.78 bits per heavy atom. The molecule has 2 aromatic carbocycles. The van der Waals surface area contributed by atoms with Crippen LogP contribution in [0.5, 0.6) is 0 Å². The summed E-state index contributed by atoms with van der Waals surface area (Å²) in [5.41, 5.74) is 4.06. The molecule has 0 radical (unpaired) electrons. The highest BCUT2D eigenvalue weighted by Gasteiger charge is 2.27. The van der Waals surface area contributed by atoms with Crippen molar-refractivity contribution in [1.29, 1.82) is 0 Å². The molecule has 3 aliphatic heterocycles. The zero-order valence-electron chi connectivity index (χ0n) is 20.7. The van der Waals surface area contributed by atoms with Gasteiger partial charge in [-0.1, -0.05) is 12.1 Å². The number of carbonyl (C=O) groups is 1. The fourth-order valence-corrected chi connectivity index (χ4v) is 5.89. The molecular formula is C28H28FN5O2S. The maximum absolute atomic E-state index is 15.3. The smallest absolute Gasteiger partial charge is 0.286 e. The number of morpholine rings is 1. The van der Waals surface area contributed by atoms with Gasteiger partial charge in [-0.3, -0.25) is 9.78 Å². The van der Waals surface area contributed by atoms with E-state index in [-0.39, 0.29) is 11.7 Å². The minimum absolute atomic E-state index is 0.217. The van der Waals surface area contributed by atoms with E-state index in [4.69, 9.17) is 4.74 Å². The first-order chi connectivity index (χ1) is 18.0. The van der Waals surface area contributed by atoms with Crippen LogP contribution in [0.25, 0.3) is 28.1 Å². The molecule has 37 heavy (non-hydrogen) atoms. The summed E-state index contributed by atoms with van der Waals surface area (Å²) in [6.07, 6.45) is 3.62. The van der Waals surface area contributed by atoms with Crippen LogP contribution in [0.1, 0.15) is 5.56 Å². The van der Waals surface area contributed by atoms with Gasteiger partial charge in [0.1, 0.15) is 5.82 Å². The molecule has 6 rings (SSSR count). The van der Waals surface area contributed by atoms with Gasteiger partial charge in [-0.2, -0.15) is 4.99 Å². The molecule has 0 aliphatic carbocycles. The Morgan fingerprint density at radius 3 is 2.57 bits per heavy atom. The fraction of sp³-hybridized carbons (Fsp3) is 0.321. The number of halogens is 1. The molecular weight excluding hydrogens is 489 g/mol. The van der Waals surface area contributed by atoms with E-state index in [1.165, 1.54) is 11.8 Å². The molecule has 2 saturated heterocycles. The van der Waals surface area contributed by atoms with Crippen LogP contribution in [0.15, 0.2) is 58.6 Å². The van der Waals surface area contributed by atoms with E-state index < -0.39 is 0 Å². The molecule has 0 bridgehead atoms. The van der Waals surface area contributed by atoms with E-state index in [0.29, 0.717) is 23.8 Å². The van der Waals surface area contributed by atoms with Gasteiger partial charge in [0.25, 0.3) is 5.91 Å². The topological polar surface area (TPSA) is 61.3 Å². The van der Waals surface area contributed by atoms with Crippen LogP contribution >= 0.6 is 11.8 Å². The zero-order chi connectivity index (χ0) is 25.4. The first kappa shape index (κ1) is 24.1. The number of piperazine rings is 1. The fourth-order valence-electron chi connectivity index (χ4n) is 4.92. The Kier molecular flexibility index (Phi) is 6.67. The average Bonchev–Trinajstić information content (AvgIpc) is 3.29. The summed E-state index contributed by atoms with van der Waals surface area (Å²) in [5, 5.41) is 1.65. The molecule has 0 spiro atoms. The number of amides is 1. The molecule has 4 heterocycles. The van der Waals surface area contributed by atoms with Gasteiger partial charge in [-0.25, -0.2) is 4.39 Å². The van der Waals surface area contributed by atoms with E-state index in [9.17, 15) is 4.79 Å². The lowest BCUT2D eigenvalue weighted by molar-refractivity contribution is -0.113. The molecule has 9 heteroatoms. The van der Waals surface area contributed by atoms with Crippen LogP contribution in [0.3, 0.4) is 0 Å². The zero-order valence-corrected chi connectivity index (χ0v) is 21.5. The van der Waals surface area contributed by atoms with Crippen molar-refractivity contribution in [2.45, 2.75) is 0 Å². The van der Waals surface area contributed by atoms with Gasteiger partial charge in [0, 0.05) is 50.9 Å². The second-order valence-electron chi connectivity index (χ2n) is 9.50. The number of thioether (sulfide) groups is 1. The molecule has 0 unspecified atom stereocenters. The van der Waals surface area contributed by atoms with Crippen molar-refractivity contribution >= 4 is 45.5 Å². The highest BCUT2D eigenvalue weighted by atomic mass is 32.2. The Hall–Kier alpha value is -3.27. The molecule has 2 fully saturated rings. The van der Waals surface area contributed by atoms with Crippen LogP contribution in [0, 0.1) is 5.82 Å². The van der Waals surface area contributed by atoms with Gasteiger partial charge in [0.05, 0.1) is 29.3 Å². The molecule has 1 amide bonds. The summed E-state index contributed by atoms with van der Waals surface area (Å²) < 4.78 is 20.7. The van der Waals surface area contributed by atoms with Crippen LogP contribution in [-0.4, -0.2) is 85.4 Å². The number of aromatic nitrogens is 1. The molecule has 190 valence electrons. The van der Waals surface area contributed by atoms with E-state index in [1.54, 1.807) is 12.3 Å². The van der Waals surface area contributed by atoms with E-state index in [0.717, 1.165) is 72.0 Å². The van der Waals surface area contributed by atoms with Gasteiger partial charge in [0.15, 0.2) is 5.17 Å². The van der Waals surface area contributed by atoms with Gasteiger partial charge in [0.2, 0.25) is 0 Å². The average molecular weight is 518 g/mol. The quantitative estimate of drug-likeness (QED) is 0.485. The Bertz CT molecular complexity index is 1410. The number of anilines is 1. The third kappa shape index (κ3) is 4.99. The molecule has 1 aromatic heterocycles. The number of pyridine rings is 1. The Morgan fingerprint density at radius 1 is 0.973 bits per heavy atom. The third-order valence-electron chi connectivity index (χ3n) is 7.06. The molecule has 0 saturated carbocycles. The highest BCUT2D eigenvalue weighted by Crippen LogP contribution is 2.34. The van der Waals surface area contributed by atoms with E-state index >= 15 is 4.39 Å². The lowest BCUT2D eigenvalue weighted by atomic mass is 9.99. The second kappa shape index (κ2) is 10.2. The summed E-state index contributed by atoms with van der Waals surface area (Å²) in [6.45, 7) is 6.24. The summed E-state index contributed by atoms with van der Waals surface area (Å²) in [4.78, 5) is 28.4. The van der Waals surface area contributed by atoms with Crippen LogP contribution < -0.4 is 4.90 Å². The minimum Gasteiger partial charge on any atom is -0.378 e. The van der Waals surface area contributed by atoms with E-state index in [2.05, 4.69) is 31.7 Å². The Balaban J connectivity index is 1.28. The number of amidine groups is 1. The largest absolute Gasteiger partial charge is 0.378 e. The molecule has 7 nitrogen and oxygen atoms in total. The molecule has 0 atom stereocenters. The van der Waals surface area contributed by atoms with E-state index in [1.807, 2.05) is 42.5 Å². The predicted octanol–water partition coefficient (Wildman–Crippen LogP) is 4.10. The van der Waals surface area contributed by atoms with Gasteiger partial charge in [-0.15, -0.1) is 0 Å². The van der Waals surface area contributed by atoms with Crippen LogP contribution in [0.4, 0.5) is 10.1 Å². The van der Waals surface area contributed by atoms with Crippen molar-refractivity contribution < 1.29 is 13.9 Å². The maximum atomic E-state index is 15.3. The minimum atomic E-state index is -0.223. The summed E-state index contributed by atoms with van der Waals surface area (Å²) in [5.74, 6) is -0.439. The lowest BCUT2D eigenvalue weighted by Crippen LogP contribution is -2.44. The third-order valence-corrected chi connectivity index (χ3v) is 8.10. The normalized spacial score (nSPS) is 20.2. The highest BCUT2D eigenvalue weighted by molar-refractivity contribution is 8.18. The number of carbonyl (C=O) groups excluding carboxylic acids is 1. The first-order valence-electron chi connectivity index (χ1n) is 12.5. The summed E-state index contributed by atoms with van der Waals surface area (Å²) in [7, 11) is 2.09. The van der Waals surface area contributed by atoms with Crippen molar-refractivity contribution in [3.8, 4) is 11.1 Å². The number of likely N-dealkylation sites (N-methyl/N-ethyl adjacent to an activating group) is 1. The lowest BCUT2D eigenvalue weighted by Gasteiger charge is -2.34. The number of aliphatic imine (C=N–C) groups is 1. The summed E-state index contributed by atoms with van der Waals surface area (Å²) in [6, 6.07) is 13.3. The van der Waals surface area contributed by atoms with Crippen molar-refractivity contribution in [2.24, 2.45) is 4.99 Å². The predicted molar refractivity (Wildman–Crippen MR) is 147 cm³/mol. The number of ether oxygens (including phenoxy) is 1. The van der Waals surface area contributed by atoms with Crippen molar-refractivity contribution in [2.75, 3.05) is 64.4 Å². The number of fused-ring (bicyclic) bond motifs is 1. The monoisotopic (exact) mass is 517 g/mol. The maximum Gasteiger partial charge on any atom is 0.286 e. The van der Waals surface area contributed by atoms with Crippen molar-refractivity contribution in [3.63, 3.8) is 0 Å². The molecule has 3 aliphatic rings. The first-order valence-corrected chi connectivity index (χ1v) is 13.3. The molecule has 3 aromatic rings. The SMILES string of the molecule is CN1CCN(c2ccc(-c3ccnc4ccc(C=C5SC(N6CCOCC6)=NC5=O)cc34)cc2F)CC1. The molecule has 0 N–H and O–H groups in total. The van der Waals surface area contributed by atoms with Crippen molar-refractivity contribution in [3.05, 3.63) is 64.9 Å². The number of nitrogens with zero attached hydrogens (tertiary/aromatic N) is 5. The van der Waals surface area contributed by atoms with Gasteiger partial charge < -0.3 is 19.4 Å².